The summed E-state index contributed by atoms with van der Waals surface area (Å²) >= 11 is 0. The monoisotopic (exact) mass is 336 g/mol. The second-order valence-corrected chi connectivity index (χ2v) is 5.46. The summed E-state index contributed by atoms with van der Waals surface area (Å²) in [6.07, 6.45) is 4.90. The molecule has 8 heteroatoms. The van der Waals surface area contributed by atoms with Crippen LogP contribution >= 0.6 is 0 Å². The number of aryl methyl sites for hydroxylation is 1. The molecule has 0 aliphatic rings. The van der Waals surface area contributed by atoms with E-state index in [4.69, 9.17) is 5.11 Å². The van der Waals surface area contributed by atoms with E-state index in [1.165, 1.54) is 6.92 Å². The summed E-state index contributed by atoms with van der Waals surface area (Å²) in [7, 11) is 0. The van der Waals surface area contributed by atoms with Crippen molar-refractivity contribution in [3.8, 4) is 0 Å². The maximum absolute atomic E-state index is 11.7. The zero-order valence-corrected chi connectivity index (χ0v) is 14.0. The van der Waals surface area contributed by atoms with Crippen LogP contribution in [0.15, 0.2) is 18.3 Å². The Morgan fingerprint density at radius 3 is 2.58 bits per heavy atom. The predicted molar refractivity (Wildman–Crippen MR) is 89.1 cm³/mol. The zero-order valence-electron chi connectivity index (χ0n) is 14.0. The molecule has 0 unspecified atom stereocenters. The molecule has 0 spiro atoms. The number of carbonyl (C=O) groups is 3. The van der Waals surface area contributed by atoms with Gasteiger partial charge in [-0.1, -0.05) is 19.4 Å². The van der Waals surface area contributed by atoms with Gasteiger partial charge in [0.25, 0.3) is 0 Å². The number of carboxylic acids is 1. The molecular weight excluding hydrogens is 312 g/mol. The van der Waals surface area contributed by atoms with Crippen LogP contribution in [0.5, 0.6) is 0 Å². The van der Waals surface area contributed by atoms with Gasteiger partial charge in [0.15, 0.2) is 0 Å². The standard InChI is InChI=1S/C16H24N4O4/c1-3-4-5-12-6-8-14(17-10-12)19-20-15(22)9-7-13(16(23)24)18-11(2)21/h6,8,10,13H,3-5,7,9H2,1-2H3,(H,17,19)(H,18,21)(H,20,22)(H,23,24)/t13-/m0/s1. The third-order valence-corrected chi connectivity index (χ3v) is 3.31. The molecule has 0 aromatic carbocycles. The van der Waals surface area contributed by atoms with Crippen LogP contribution in [0.2, 0.25) is 0 Å². The van der Waals surface area contributed by atoms with Crippen molar-refractivity contribution >= 4 is 23.6 Å². The molecule has 132 valence electrons. The van der Waals surface area contributed by atoms with Crippen LogP contribution in [0.4, 0.5) is 5.82 Å². The highest BCUT2D eigenvalue weighted by molar-refractivity contribution is 5.83. The molecular formula is C16H24N4O4. The van der Waals surface area contributed by atoms with E-state index in [9.17, 15) is 14.4 Å². The Bertz CT molecular complexity index is 560. The molecule has 24 heavy (non-hydrogen) atoms. The molecule has 0 aliphatic heterocycles. The van der Waals surface area contributed by atoms with Gasteiger partial charge in [0.1, 0.15) is 11.9 Å². The molecule has 1 rings (SSSR count). The lowest BCUT2D eigenvalue weighted by Gasteiger charge is -2.13. The Kier molecular flexibility index (Phi) is 8.24. The van der Waals surface area contributed by atoms with Gasteiger partial charge in [-0.05, 0) is 30.9 Å². The summed E-state index contributed by atoms with van der Waals surface area (Å²) in [5.74, 6) is -1.51. The normalized spacial score (nSPS) is 11.4. The number of nitrogens with one attached hydrogen (secondary N) is 3. The van der Waals surface area contributed by atoms with Gasteiger partial charge in [-0.3, -0.25) is 20.4 Å². The third kappa shape index (κ3) is 7.57. The lowest BCUT2D eigenvalue weighted by Crippen LogP contribution is -2.41. The highest BCUT2D eigenvalue weighted by atomic mass is 16.4. The summed E-state index contributed by atoms with van der Waals surface area (Å²) in [5, 5.41) is 11.2. The molecule has 8 nitrogen and oxygen atoms in total. The number of anilines is 1. The van der Waals surface area contributed by atoms with Crippen molar-refractivity contribution in [3.05, 3.63) is 23.9 Å². The lowest BCUT2D eigenvalue weighted by atomic mass is 10.1. The fourth-order valence-corrected chi connectivity index (χ4v) is 2.00. The molecule has 0 radical (unpaired) electrons. The van der Waals surface area contributed by atoms with Gasteiger partial charge in [0.2, 0.25) is 11.8 Å². The number of hydrogen-bond acceptors (Lipinski definition) is 5. The van der Waals surface area contributed by atoms with Crippen molar-refractivity contribution in [3.63, 3.8) is 0 Å². The average Bonchev–Trinajstić information content (AvgIpc) is 2.55. The number of carbonyl (C=O) groups excluding carboxylic acids is 2. The quantitative estimate of drug-likeness (QED) is 0.477. The number of carboxylic acid groups (broad SMARTS) is 1. The number of aromatic nitrogens is 1. The van der Waals surface area contributed by atoms with Crippen LogP contribution in [-0.4, -0.2) is 33.9 Å². The van der Waals surface area contributed by atoms with Crippen molar-refractivity contribution in [1.82, 2.24) is 15.7 Å². The fourth-order valence-electron chi connectivity index (χ4n) is 2.00. The first-order valence-electron chi connectivity index (χ1n) is 7.92. The SMILES string of the molecule is CCCCc1ccc(NNC(=O)CC[C@H](NC(C)=O)C(=O)O)nc1. The molecule has 1 heterocycles. The number of hydrogen-bond donors (Lipinski definition) is 4. The van der Waals surface area contributed by atoms with Crippen molar-refractivity contribution in [2.24, 2.45) is 0 Å². The Morgan fingerprint density at radius 2 is 2.04 bits per heavy atom. The van der Waals surface area contributed by atoms with E-state index in [-0.39, 0.29) is 18.7 Å². The van der Waals surface area contributed by atoms with Crippen molar-refractivity contribution in [1.29, 1.82) is 0 Å². The number of hydrazine groups is 1. The Hall–Kier alpha value is -2.64. The number of pyridine rings is 1. The first-order chi connectivity index (χ1) is 11.4. The van der Waals surface area contributed by atoms with E-state index in [0.717, 1.165) is 24.8 Å². The summed E-state index contributed by atoms with van der Waals surface area (Å²) in [5.41, 5.74) is 6.26. The van der Waals surface area contributed by atoms with Crippen LogP contribution in [0.3, 0.4) is 0 Å². The molecule has 0 bridgehead atoms. The molecule has 0 fully saturated rings. The first kappa shape index (κ1) is 19.4. The third-order valence-electron chi connectivity index (χ3n) is 3.31. The Balaban J connectivity index is 2.37. The summed E-state index contributed by atoms with van der Waals surface area (Å²) in [4.78, 5) is 37.8. The number of nitrogens with zero attached hydrogens (tertiary/aromatic N) is 1. The Morgan fingerprint density at radius 1 is 1.29 bits per heavy atom. The molecule has 1 aromatic heterocycles. The van der Waals surface area contributed by atoms with Gasteiger partial charge in [-0.15, -0.1) is 0 Å². The van der Waals surface area contributed by atoms with E-state index >= 15 is 0 Å². The second-order valence-electron chi connectivity index (χ2n) is 5.46. The van der Waals surface area contributed by atoms with E-state index < -0.39 is 17.9 Å². The van der Waals surface area contributed by atoms with Gasteiger partial charge in [0, 0.05) is 19.5 Å². The minimum Gasteiger partial charge on any atom is -0.480 e. The smallest absolute Gasteiger partial charge is 0.326 e. The molecule has 0 saturated heterocycles. The molecule has 1 atom stereocenters. The second kappa shape index (κ2) is 10.2. The van der Waals surface area contributed by atoms with Crippen LogP contribution in [-0.2, 0) is 20.8 Å². The van der Waals surface area contributed by atoms with Gasteiger partial charge in [-0.25, -0.2) is 9.78 Å². The minimum atomic E-state index is -1.17. The number of amides is 2. The number of aliphatic carboxylic acids is 1. The van der Waals surface area contributed by atoms with Crippen LogP contribution in [0.25, 0.3) is 0 Å². The van der Waals surface area contributed by atoms with Gasteiger partial charge < -0.3 is 10.4 Å². The van der Waals surface area contributed by atoms with E-state index in [0.29, 0.717) is 5.82 Å². The van der Waals surface area contributed by atoms with Crippen LogP contribution < -0.4 is 16.2 Å². The van der Waals surface area contributed by atoms with E-state index in [1.54, 1.807) is 12.3 Å². The maximum atomic E-state index is 11.7. The predicted octanol–water partition coefficient (Wildman–Crippen LogP) is 1.24. The molecule has 0 saturated carbocycles. The average molecular weight is 336 g/mol. The van der Waals surface area contributed by atoms with Crippen molar-refractivity contribution in [2.75, 3.05) is 5.43 Å². The number of unbranched alkanes of at least 4 members (excludes halogenated alkanes) is 1. The number of rotatable bonds is 10. The summed E-state index contributed by atoms with van der Waals surface area (Å²) < 4.78 is 0. The van der Waals surface area contributed by atoms with Crippen molar-refractivity contribution in [2.45, 2.75) is 52.0 Å². The largest absolute Gasteiger partial charge is 0.480 e. The molecule has 1 aromatic rings. The summed E-state index contributed by atoms with van der Waals surface area (Å²) in [6, 6.07) is 2.63. The van der Waals surface area contributed by atoms with Crippen LogP contribution in [0, 0.1) is 0 Å². The van der Waals surface area contributed by atoms with Gasteiger partial charge >= 0.3 is 5.97 Å². The van der Waals surface area contributed by atoms with Gasteiger partial charge in [-0.2, -0.15) is 0 Å². The Labute approximate surface area is 141 Å². The van der Waals surface area contributed by atoms with E-state index in [1.807, 2.05) is 6.07 Å². The maximum Gasteiger partial charge on any atom is 0.326 e. The van der Waals surface area contributed by atoms with Gasteiger partial charge in [0.05, 0.1) is 0 Å². The minimum absolute atomic E-state index is 0.00576. The van der Waals surface area contributed by atoms with E-state index in [2.05, 4.69) is 28.1 Å². The first-order valence-corrected chi connectivity index (χ1v) is 7.92. The molecule has 0 aliphatic carbocycles. The topological polar surface area (TPSA) is 120 Å². The molecule has 2 amide bonds. The fraction of sp³-hybridized carbons (Fsp3) is 0.500. The summed E-state index contributed by atoms with van der Waals surface area (Å²) in [6.45, 7) is 3.35. The highest BCUT2D eigenvalue weighted by Crippen LogP contribution is 2.07. The zero-order chi connectivity index (χ0) is 17.9. The highest BCUT2D eigenvalue weighted by Gasteiger charge is 2.19. The molecule has 4 N–H and O–H groups in total. The van der Waals surface area contributed by atoms with Crippen LogP contribution in [0.1, 0.15) is 45.1 Å². The lowest BCUT2D eigenvalue weighted by molar-refractivity contribution is -0.141. The van der Waals surface area contributed by atoms with Crippen molar-refractivity contribution < 1.29 is 19.5 Å².